The van der Waals surface area contributed by atoms with Gasteiger partial charge in [-0.1, -0.05) is 17.3 Å². The van der Waals surface area contributed by atoms with E-state index in [0.29, 0.717) is 18.1 Å². The van der Waals surface area contributed by atoms with Crippen LogP contribution in [0.3, 0.4) is 0 Å². The molecule has 2 heterocycles. The minimum absolute atomic E-state index is 0.482. The summed E-state index contributed by atoms with van der Waals surface area (Å²) in [5.74, 6) is 1.11. The summed E-state index contributed by atoms with van der Waals surface area (Å²) in [5.41, 5.74) is 9.51. The highest BCUT2D eigenvalue weighted by Gasteiger charge is 2.10. The van der Waals surface area contributed by atoms with E-state index in [2.05, 4.69) is 15.1 Å². The first-order valence-electron chi connectivity index (χ1n) is 6.30. The number of hydrogen-bond acceptors (Lipinski definition) is 5. The van der Waals surface area contributed by atoms with Crippen LogP contribution in [0, 0.1) is 6.92 Å². The van der Waals surface area contributed by atoms with Gasteiger partial charge < -0.3 is 10.3 Å². The van der Waals surface area contributed by atoms with Crippen molar-refractivity contribution in [3.8, 4) is 11.5 Å². The predicted molar refractivity (Wildman–Crippen MR) is 75.9 cm³/mol. The molecule has 0 aliphatic rings. The first-order chi connectivity index (χ1) is 9.72. The number of rotatable bonds is 3. The van der Waals surface area contributed by atoms with Crippen LogP contribution in [0.5, 0.6) is 0 Å². The number of aryl methyl sites for hydroxylation is 1. The maximum absolute atomic E-state index is 5.89. The van der Waals surface area contributed by atoms with Crippen LogP contribution in [0.25, 0.3) is 11.5 Å². The van der Waals surface area contributed by atoms with Gasteiger partial charge in [-0.3, -0.25) is 4.98 Å². The summed E-state index contributed by atoms with van der Waals surface area (Å²) in [6, 6.07) is 9.57. The Kier molecular flexibility index (Phi) is 3.16. The SMILES string of the molecule is Cc1ccc(-c2nc(Cc3cccnc3)no2)cc1N. The van der Waals surface area contributed by atoms with Gasteiger partial charge in [-0.25, -0.2) is 0 Å². The summed E-state index contributed by atoms with van der Waals surface area (Å²) in [7, 11) is 0. The first-order valence-corrected chi connectivity index (χ1v) is 6.30. The van der Waals surface area contributed by atoms with E-state index in [9.17, 15) is 0 Å². The second-order valence-corrected chi connectivity index (χ2v) is 4.63. The third-order valence-electron chi connectivity index (χ3n) is 3.08. The third kappa shape index (κ3) is 2.51. The second kappa shape index (κ2) is 5.13. The molecule has 1 aromatic carbocycles. The zero-order valence-electron chi connectivity index (χ0n) is 11.1. The Bertz CT molecular complexity index is 722. The minimum Gasteiger partial charge on any atom is -0.398 e. The minimum atomic E-state index is 0.482. The van der Waals surface area contributed by atoms with E-state index in [1.807, 2.05) is 37.3 Å². The van der Waals surface area contributed by atoms with Crippen molar-refractivity contribution in [3.05, 3.63) is 59.7 Å². The highest BCUT2D eigenvalue weighted by Crippen LogP contribution is 2.22. The van der Waals surface area contributed by atoms with Gasteiger partial charge in [-0.2, -0.15) is 4.98 Å². The molecule has 0 saturated heterocycles. The number of hydrogen-bond donors (Lipinski definition) is 1. The molecule has 0 aliphatic carbocycles. The molecular weight excluding hydrogens is 252 g/mol. The summed E-state index contributed by atoms with van der Waals surface area (Å²) in [6.45, 7) is 1.96. The fourth-order valence-electron chi connectivity index (χ4n) is 1.90. The Morgan fingerprint density at radius 1 is 1.25 bits per heavy atom. The lowest BCUT2D eigenvalue weighted by molar-refractivity contribution is 0.424. The van der Waals surface area contributed by atoms with E-state index in [0.717, 1.165) is 22.4 Å². The molecule has 20 heavy (non-hydrogen) atoms. The molecule has 5 heteroatoms. The normalized spacial score (nSPS) is 10.7. The zero-order chi connectivity index (χ0) is 13.9. The molecule has 0 bridgehead atoms. The fraction of sp³-hybridized carbons (Fsp3) is 0.133. The molecular formula is C15H14N4O. The zero-order valence-corrected chi connectivity index (χ0v) is 11.1. The fourth-order valence-corrected chi connectivity index (χ4v) is 1.90. The largest absolute Gasteiger partial charge is 0.398 e. The number of nitrogen functional groups attached to an aromatic ring is 1. The van der Waals surface area contributed by atoms with Crippen molar-refractivity contribution in [1.82, 2.24) is 15.1 Å². The summed E-state index contributed by atoms with van der Waals surface area (Å²) in [4.78, 5) is 8.45. The van der Waals surface area contributed by atoms with Crippen LogP contribution in [0.4, 0.5) is 5.69 Å². The van der Waals surface area contributed by atoms with Gasteiger partial charge in [-0.15, -0.1) is 0 Å². The summed E-state index contributed by atoms with van der Waals surface area (Å²) < 4.78 is 5.28. The molecule has 0 saturated carbocycles. The van der Waals surface area contributed by atoms with Gasteiger partial charge in [-0.05, 0) is 36.2 Å². The lowest BCUT2D eigenvalue weighted by Gasteiger charge is -2.00. The van der Waals surface area contributed by atoms with Crippen molar-refractivity contribution >= 4 is 5.69 Å². The monoisotopic (exact) mass is 266 g/mol. The molecule has 0 spiro atoms. The topological polar surface area (TPSA) is 77.8 Å². The second-order valence-electron chi connectivity index (χ2n) is 4.63. The Hall–Kier alpha value is -2.69. The van der Waals surface area contributed by atoms with Crippen LogP contribution < -0.4 is 5.73 Å². The number of aromatic nitrogens is 3. The molecule has 0 fully saturated rings. The molecule has 2 N–H and O–H groups in total. The van der Waals surface area contributed by atoms with Gasteiger partial charge in [0.15, 0.2) is 5.82 Å². The molecule has 0 atom stereocenters. The number of anilines is 1. The van der Waals surface area contributed by atoms with Gasteiger partial charge >= 0.3 is 0 Å². The summed E-state index contributed by atoms with van der Waals surface area (Å²) >= 11 is 0. The van der Waals surface area contributed by atoms with Crippen LogP contribution in [0.1, 0.15) is 17.0 Å². The Morgan fingerprint density at radius 3 is 2.90 bits per heavy atom. The molecule has 5 nitrogen and oxygen atoms in total. The molecule has 100 valence electrons. The first kappa shape index (κ1) is 12.3. The standard InChI is InChI=1S/C15H14N4O/c1-10-4-5-12(8-13(10)16)15-18-14(19-20-15)7-11-3-2-6-17-9-11/h2-6,8-9H,7,16H2,1H3. The van der Waals surface area contributed by atoms with Crippen LogP contribution in [0.15, 0.2) is 47.2 Å². The molecule has 2 aromatic heterocycles. The molecule has 0 amide bonds. The van der Waals surface area contributed by atoms with Crippen molar-refractivity contribution in [2.75, 3.05) is 5.73 Å². The van der Waals surface area contributed by atoms with Gasteiger partial charge in [0.05, 0.1) is 0 Å². The number of pyridine rings is 1. The maximum Gasteiger partial charge on any atom is 0.258 e. The van der Waals surface area contributed by atoms with Gasteiger partial charge in [0.2, 0.25) is 0 Å². The third-order valence-corrected chi connectivity index (χ3v) is 3.08. The summed E-state index contributed by atoms with van der Waals surface area (Å²) in [5, 5.41) is 3.99. The Balaban J connectivity index is 1.84. The number of nitrogens with two attached hydrogens (primary N) is 1. The van der Waals surface area contributed by atoms with Gasteiger partial charge in [0.1, 0.15) is 0 Å². The van der Waals surface area contributed by atoms with Crippen molar-refractivity contribution in [1.29, 1.82) is 0 Å². The predicted octanol–water partition coefficient (Wildman–Crippen LogP) is 2.61. The number of nitrogens with zero attached hydrogens (tertiary/aromatic N) is 3. The Morgan fingerprint density at radius 2 is 2.15 bits per heavy atom. The van der Waals surface area contributed by atoms with Crippen molar-refractivity contribution in [3.63, 3.8) is 0 Å². The van der Waals surface area contributed by atoms with E-state index < -0.39 is 0 Å². The maximum atomic E-state index is 5.89. The lowest BCUT2D eigenvalue weighted by atomic mass is 10.1. The van der Waals surface area contributed by atoms with Crippen LogP contribution in [-0.2, 0) is 6.42 Å². The Labute approximate surface area is 116 Å². The van der Waals surface area contributed by atoms with Crippen LogP contribution in [-0.4, -0.2) is 15.1 Å². The highest BCUT2D eigenvalue weighted by molar-refractivity contribution is 5.62. The molecule has 0 aliphatic heterocycles. The molecule has 0 radical (unpaired) electrons. The number of benzene rings is 1. The average molecular weight is 266 g/mol. The molecule has 0 unspecified atom stereocenters. The summed E-state index contributed by atoms with van der Waals surface area (Å²) in [6.07, 6.45) is 4.12. The quantitative estimate of drug-likeness (QED) is 0.737. The smallest absolute Gasteiger partial charge is 0.258 e. The van der Waals surface area contributed by atoms with Crippen LogP contribution in [0.2, 0.25) is 0 Å². The molecule has 3 aromatic rings. The van der Waals surface area contributed by atoms with Crippen molar-refractivity contribution < 1.29 is 4.52 Å². The van der Waals surface area contributed by atoms with Crippen LogP contribution >= 0.6 is 0 Å². The van der Waals surface area contributed by atoms with Gasteiger partial charge in [0.25, 0.3) is 5.89 Å². The average Bonchev–Trinajstić information content (AvgIpc) is 2.91. The molecule has 3 rings (SSSR count). The van der Waals surface area contributed by atoms with Crippen molar-refractivity contribution in [2.45, 2.75) is 13.3 Å². The van der Waals surface area contributed by atoms with E-state index >= 15 is 0 Å². The van der Waals surface area contributed by atoms with E-state index in [1.54, 1.807) is 12.4 Å². The van der Waals surface area contributed by atoms with E-state index in [1.165, 1.54) is 0 Å². The van der Waals surface area contributed by atoms with E-state index in [4.69, 9.17) is 10.3 Å². The van der Waals surface area contributed by atoms with Crippen molar-refractivity contribution in [2.24, 2.45) is 0 Å². The highest BCUT2D eigenvalue weighted by atomic mass is 16.5. The lowest BCUT2D eigenvalue weighted by Crippen LogP contribution is -1.92. The van der Waals surface area contributed by atoms with E-state index in [-0.39, 0.29) is 0 Å². The van der Waals surface area contributed by atoms with Gasteiger partial charge in [0, 0.05) is 30.1 Å².